The fraction of sp³-hybridized carbons (Fsp3) is 0.400. The Balaban J connectivity index is 2.86. The van der Waals surface area contributed by atoms with Gasteiger partial charge >= 0.3 is 0 Å². The molecule has 0 fully saturated rings. The number of rotatable bonds is 2. The highest BCUT2D eigenvalue weighted by Gasteiger charge is 1.99. The van der Waals surface area contributed by atoms with E-state index >= 15 is 0 Å². The highest BCUT2D eigenvalue weighted by atomic mass is 16.5. The van der Waals surface area contributed by atoms with Gasteiger partial charge in [0.1, 0.15) is 0 Å². The van der Waals surface area contributed by atoms with Crippen molar-refractivity contribution in [1.82, 2.24) is 10.1 Å². The number of hydrogen-bond donors (Lipinski definition) is 0. The third kappa shape index (κ3) is 1.13. The van der Waals surface area contributed by atoms with Crippen LogP contribution in [0.5, 0.6) is 0 Å². The molecule has 1 rings (SSSR count). The van der Waals surface area contributed by atoms with Crippen molar-refractivity contribution in [2.24, 2.45) is 0 Å². The number of carbonyl (C=O) groups excluding carboxylic acids is 1. The molecule has 0 radical (unpaired) electrons. The van der Waals surface area contributed by atoms with Gasteiger partial charge in [-0.05, 0) is 0 Å². The van der Waals surface area contributed by atoms with E-state index in [1.807, 2.05) is 6.92 Å². The molecule has 0 saturated heterocycles. The van der Waals surface area contributed by atoms with Crippen molar-refractivity contribution in [3.05, 3.63) is 11.7 Å². The number of carbonyl (C=O) groups is 1. The van der Waals surface area contributed by atoms with Crippen LogP contribution < -0.4 is 0 Å². The smallest absolute Gasteiger partial charge is 0.235 e. The van der Waals surface area contributed by atoms with Crippen LogP contribution in [-0.2, 0) is 6.42 Å². The fourth-order valence-electron chi connectivity index (χ4n) is 0.460. The average Bonchev–Trinajstić information content (AvgIpc) is 2.34. The van der Waals surface area contributed by atoms with E-state index in [4.69, 9.17) is 0 Å². The van der Waals surface area contributed by atoms with Crippen LogP contribution in [0.25, 0.3) is 0 Å². The largest absolute Gasteiger partial charge is 0.339 e. The van der Waals surface area contributed by atoms with E-state index in [-0.39, 0.29) is 5.82 Å². The van der Waals surface area contributed by atoms with Gasteiger partial charge in [-0.2, -0.15) is 4.98 Å². The van der Waals surface area contributed by atoms with Gasteiger partial charge in [-0.15, -0.1) is 0 Å². The second-order valence-corrected chi connectivity index (χ2v) is 1.52. The predicted octanol–water partition coefficient (Wildman–Crippen LogP) is 0.445. The number of nitrogens with zero attached hydrogens (tertiary/aromatic N) is 2. The summed E-state index contributed by atoms with van der Waals surface area (Å²) in [4.78, 5) is 13.7. The summed E-state index contributed by atoms with van der Waals surface area (Å²) in [5, 5.41) is 3.35. The lowest BCUT2D eigenvalue weighted by Gasteiger charge is -1.74. The maximum atomic E-state index is 9.95. The molecule has 0 aliphatic rings. The molecule has 9 heavy (non-hydrogen) atoms. The lowest BCUT2D eigenvalue weighted by molar-refractivity contribution is 0.111. The topological polar surface area (TPSA) is 56.0 Å². The van der Waals surface area contributed by atoms with E-state index in [1.54, 1.807) is 0 Å². The van der Waals surface area contributed by atoms with Crippen LogP contribution in [0.4, 0.5) is 0 Å². The van der Waals surface area contributed by atoms with E-state index in [1.165, 1.54) is 0 Å². The van der Waals surface area contributed by atoms with Gasteiger partial charge in [-0.1, -0.05) is 12.1 Å². The highest BCUT2D eigenvalue weighted by molar-refractivity contribution is 5.68. The number of aryl methyl sites for hydroxylation is 1. The van der Waals surface area contributed by atoms with Crippen molar-refractivity contribution < 1.29 is 9.32 Å². The van der Waals surface area contributed by atoms with Crippen molar-refractivity contribution in [1.29, 1.82) is 0 Å². The van der Waals surface area contributed by atoms with Crippen molar-refractivity contribution in [2.45, 2.75) is 13.3 Å². The van der Waals surface area contributed by atoms with Crippen LogP contribution in [0.15, 0.2) is 4.52 Å². The molecule has 0 aromatic carbocycles. The SMILES string of the molecule is CCc1nc(C=O)no1. The predicted molar refractivity (Wildman–Crippen MR) is 29.1 cm³/mol. The first-order chi connectivity index (χ1) is 4.36. The minimum atomic E-state index is 0.117. The second kappa shape index (κ2) is 2.39. The average molecular weight is 126 g/mol. The van der Waals surface area contributed by atoms with E-state index in [0.717, 1.165) is 0 Å². The summed E-state index contributed by atoms with van der Waals surface area (Å²) in [5.41, 5.74) is 0. The van der Waals surface area contributed by atoms with Gasteiger partial charge in [0.15, 0.2) is 6.29 Å². The quantitative estimate of drug-likeness (QED) is 0.539. The molecule has 4 nitrogen and oxygen atoms in total. The van der Waals surface area contributed by atoms with Gasteiger partial charge < -0.3 is 4.52 Å². The van der Waals surface area contributed by atoms with Crippen LogP contribution in [-0.4, -0.2) is 16.4 Å². The zero-order valence-corrected chi connectivity index (χ0v) is 5.00. The minimum Gasteiger partial charge on any atom is -0.339 e. The standard InChI is InChI=1S/C5H6N2O2/c1-2-5-6-4(3-8)7-9-5/h3H,2H2,1H3. The van der Waals surface area contributed by atoms with Gasteiger partial charge in [0, 0.05) is 6.42 Å². The molecule has 0 aliphatic carbocycles. The van der Waals surface area contributed by atoms with Crippen LogP contribution in [0.1, 0.15) is 23.4 Å². The summed E-state index contributed by atoms with van der Waals surface area (Å²) in [6, 6.07) is 0. The van der Waals surface area contributed by atoms with E-state index < -0.39 is 0 Å². The van der Waals surface area contributed by atoms with E-state index in [0.29, 0.717) is 18.6 Å². The van der Waals surface area contributed by atoms with Crippen LogP contribution in [0, 0.1) is 0 Å². The molecule has 1 aromatic heterocycles. The summed E-state index contributed by atoms with van der Waals surface area (Å²) in [6.07, 6.45) is 1.23. The fourth-order valence-corrected chi connectivity index (χ4v) is 0.460. The molecule has 0 saturated carbocycles. The van der Waals surface area contributed by atoms with Crippen LogP contribution in [0.2, 0.25) is 0 Å². The molecular formula is C5H6N2O2. The Bertz CT molecular complexity index is 206. The Labute approximate surface area is 51.9 Å². The first-order valence-electron chi connectivity index (χ1n) is 2.64. The molecule has 0 spiro atoms. The number of aldehydes is 1. The summed E-state index contributed by atoms with van der Waals surface area (Å²) >= 11 is 0. The lowest BCUT2D eigenvalue weighted by Crippen LogP contribution is -1.82. The lowest BCUT2D eigenvalue weighted by atomic mass is 10.5. The maximum Gasteiger partial charge on any atom is 0.235 e. The second-order valence-electron chi connectivity index (χ2n) is 1.52. The van der Waals surface area contributed by atoms with E-state index in [9.17, 15) is 4.79 Å². The summed E-state index contributed by atoms with van der Waals surface area (Å²) < 4.78 is 4.61. The molecule has 1 heterocycles. The molecule has 0 unspecified atom stereocenters. The summed E-state index contributed by atoms with van der Waals surface area (Å²) in [6.45, 7) is 1.88. The molecule has 0 bridgehead atoms. The molecule has 0 amide bonds. The monoisotopic (exact) mass is 126 g/mol. The van der Waals surface area contributed by atoms with Crippen molar-refractivity contribution in [3.63, 3.8) is 0 Å². The van der Waals surface area contributed by atoms with Crippen molar-refractivity contribution >= 4 is 6.29 Å². The molecule has 48 valence electrons. The highest BCUT2D eigenvalue weighted by Crippen LogP contribution is 1.93. The third-order valence-corrected chi connectivity index (χ3v) is 0.892. The van der Waals surface area contributed by atoms with Gasteiger partial charge in [-0.3, -0.25) is 4.79 Å². The summed E-state index contributed by atoms with van der Waals surface area (Å²) in [5.74, 6) is 0.615. The molecule has 0 aliphatic heterocycles. The van der Waals surface area contributed by atoms with Gasteiger partial charge in [0.25, 0.3) is 0 Å². The van der Waals surface area contributed by atoms with Crippen LogP contribution >= 0.6 is 0 Å². The van der Waals surface area contributed by atoms with Crippen LogP contribution in [0.3, 0.4) is 0 Å². The van der Waals surface area contributed by atoms with Crippen molar-refractivity contribution in [2.75, 3.05) is 0 Å². The Kier molecular flexibility index (Phi) is 1.58. The maximum absolute atomic E-state index is 9.95. The first-order valence-corrected chi connectivity index (χ1v) is 2.64. The number of aromatic nitrogens is 2. The number of hydrogen-bond acceptors (Lipinski definition) is 4. The first kappa shape index (κ1) is 5.94. The Hall–Kier alpha value is -1.19. The summed E-state index contributed by atoms with van der Waals surface area (Å²) in [7, 11) is 0. The molecule has 0 N–H and O–H groups in total. The molecule has 4 heteroatoms. The van der Waals surface area contributed by atoms with Gasteiger partial charge in [0.2, 0.25) is 11.7 Å². The normalized spacial score (nSPS) is 9.44. The molecule has 0 atom stereocenters. The zero-order valence-electron chi connectivity index (χ0n) is 5.00. The minimum absolute atomic E-state index is 0.117. The van der Waals surface area contributed by atoms with Crippen molar-refractivity contribution in [3.8, 4) is 0 Å². The Morgan fingerprint density at radius 3 is 2.89 bits per heavy atom. The zero-order chi connectivity index (χ0) is 6.69. The van der Waals surface area contributed by atoms with Gasteiger partial charge in [0.05, 0.1) is 0 Å². The molecular weight excluding hydrogens is 120 g/mol. The Morgan fingerprint density at radius 1 is 1.78 bits per heavy atom. The van der Waals surface area contributed by atoms with E-state index in [2.05, 4.69) is 14.7 Å². The Morgan fingerprint density at radius 2 is 2.56 bits per heavy atom. The third-order valence-electron chi connectivity index (χ3n) is 0.892. The van der Waals surface area contributed by atoms with Gasteiger partial charge in [-0.25, -0.2) is 0 Å². The molecule has 1 aromatic rings.